The fourth-order valence-electron chi connectivity index (χ4n) is 3.28. The van der Waals surface area contributed by atoms with Gasteiger partial charge in [-0.2, -0.15) is 0 Å². The van der Waals surface area contributed by atoms with Crippen molar-refractivity contribution in [3.63, 3.8) is 0 Å². The van der Waals surface area contributed by atoms with Crippen molar-refractivity contribution in [2.24, 2.45) is 0 Å². The molecule has 0 bridgehead atoms. The molecule has 34 heavy (non-hydrogen) atoms. The molecule has 3 unspecified atom stereocenters. The van der Waals surface area contributed by atoms with Crippen molar-refractivity contribution in [1.82, 2.24) is 0 Å². The van der Waals surface area contributed by atoms with Crippen LogP contribution >= 0.6 is 0 Å². The highest BCUT2D eigenvalue weighted by Crippen LogP contribution is 2.32. The topological polar surface area (TPSA) is 146 Å². The van der Waals surface area contributed by atoms with Gasteiger partial charge < -0.3 is 34.8 Å². The normalized spacial score (nSPS) is 24.4. The van der Waals surface area contributed by atoms with E-state index in [9.17, 15) is 30.5 Å². The molecular formula is C24H26N2O8. The highest BCUT2D eigenvalue weighted by molar-refractivity contribution is 5.60. The van der Waals surface area contributed by atoms with Gasteiger partial charge in [0.05, 0.1) is 11.5 Å². The van der Waals surface area contributed by atoms with Gasteiger partial charge >= 0.3 is 5.69 Å². The van der Waals surface area contributed by atoms with Crippen LogP contribution in [0.15, 0.2) is 48.5 Å². The second-order valence-electron chi connectivity index (χ2n) is 7.84. The Morgan fingerprint density at radius 3 is 2.44 bits per heavy atom. The van der Waals surface area contributed by atoms with Gasteiger partial charge in [0.1, 0.15) is 24.4 Å². The van der Waals surface area contributed by atoms with Gasteiger partial charge in [-0.1, -0.05) is 11.8 Å². The van der Waals surface area contributed by atoms with Crippen LogP contribution in [0.1, 0.15) is 11.1 Å². The Kier molecular flexibility index (Phi) is 8.22. The van der Waals surface area contributed by atoms with Crippen LogP contribution in [0.5, 0.6) is 5.75 Å². The molecule has 0 aromatic heterocycles. The Hall–Kier alpha value is -3.46. The van der Waals surface area contributed by atoms with Gasteiger partial charge in [0.25, 0.3) is 0 Å². The minimum atomic E-state index is -1.69. The first-order chi connectivity index (χ1) is 16.2. The maximum Gasteiger partial charge on any atom is 0.311 e. The Labute approximate surface area is 196 Å². The van der Waals surface area contributed by atoms with Crippen LogP contribution in [0, 0.1) is 22.0 Å². The zero-order chi connectivity index (χ0) is 24.8. The van der Waals surface area contributed by atoms with Crippen LogP contribution in [0.25, 0.3) is 6.08 Å². The van der Waals surface area contributed by atoms with Crippen LogP contribution in [-0.2, 0) is 4.74 Å². The maximum atomic E-state index is 11.4. The number of allylic oxidation sites excluding steroid dienone is 1. The molecule has 4 N–H and O–H groups in total. The number of anilines is 1. The molecule has 3 rings (SSSR count). The van der Waals surface area contributed by atoms with Crippen LogP contribution in [0.2, 0.25) is 0 Å². The van der Waals surface area contributed by atoms with Gasteiger partial charge in [0.2, 0.25) is 12.0 Å². The van der Waals surface area contributed by atoms with Crippen molar-refractivity contribution in [3.05, 3.63) is 69.8 Å². The van der Waals surface area contributed by atoms with Crippen molar-refractivity contribution in [2.75, 3.05) is 25.6 Å². The molecule has 2 aromatic carbocycles. The number of hydrogen-bond acceptors (Lipinski definition) is 9. The summed E-state index contributed by atoms with van der Waals surface area (Å²) in [6.45, 7) is -0.647. The molecule has 1 fully saturated rings. The van der Waals surface area contributed by atoms with Crippen LogP contribution in [0.4, 0.5) is 11.4 Å². The first-order valence-electron chi connectivity index (χ1n) is 10.4. The van der Waals surface area contributed by atoms with E-state index in [1.165, 1.54) is 18.2 Å². The van der Waals surface area contributed by atoms with E-state index in [0.29, 0.717) is 5.56 Å². The summed E-state index contributed by atoms with van der Waals surface area (Å²) in [7, 11) is 3.90. The monoisotopic (exact) mass is 470 g/mol. The lowest BCUT2D eigenvalue weighted by Crippen LogP contribution is -2.60. The minimum absolute atomic E-state index is 0.219. The molecule has 0 spiro atoms. The Morgan fingerprint density at radius 1 is 1.12 bits per heavy atom. The second-order valence-corrected chi connectivity index (χ2v) is 7.84. The summed E-state index contributed by atoms with van der Waals surface area (Å²) in [6, 6.07) is 11.8. The van der Waals surface area contributed by atoms with Crippen LogP contribution < -0.4 is 9.64 Å². The summed E-state index contributed by atoms with van der Waals surface area (Å²) in [4.78, 5) is 12.7. The van der Waals surface area contributed by atoms with Gasteiger partial charge in [0, 0.05) is 31.4 Å². The summed E-state index contributed by atoms with van der Waals surface area (Å²) < 4.78 is 10.8. The maximum absolute atomic E-state index is 11.4. The van der Waals surface area contributed by atoms with Gasteiger partial charge in [-0.25, -0.2) is 0 Å². The fourth-order valence-corrected chi connectivity index (χ4v) is 3.28. The quantitative estimate of drug-likeness (QED) is 0.275. The standard InChI is InChI=1S/C24H26N2O8/c1-25(2)17-10-7-15(8-11-17)5-3-4-6-16-9-12-18(26(31)32)19(13-16)33-24-23(30)22(29)21(28)20(14-27)34-24/h4,6-13,20-24,27-30H,14H2,1-2H3/b6-4+/t20?,21-,22?,23?,24-/m1/s1. The largest absolute Gasteiger partial charge is 0.455 e. The van der Waals surface area contributed by atoms with Crippen molar-refractivity contribution >= 4 is 17.5 Å². The average molecular weight is 470 g/mol. The molecule has 0 aliphatic carbocycles. The van der Waals surface area contributed by atoms with Gasteiger partial charge in [-0.3, -0.25) is 10.1 Å². The molecule has 1 aliphatic rings. The van der Waals surface area contributed by atoms with E-state index in [4.69, 9.17) is 9.47 Å². The van der Waals surface area contributed by atoms with E-state index in [1.807, 2.05) is 43.3 Å². The first kappa shape index (κ1) is 25.2. The molecule has 0 amide bonds. The minimum Gasteiger partial charge on any atom is -0.455 e. The third-order valence-electron chi connectivity index (χ3n) is 5.23. The third-order valence-corrected chi connectivity index (χ3v) is 5.23. The second kappa shape index (κ2) is 11.1. The number of aliphatic hydroxyl groups is 4. The lowest BCUT2D eigenvalue weighted by atomic mass is 9.99. The van der Waals surface area contributed by atoms with E-state index < -0.39 is 42.2 Å². The average Bonchev–Trinajstić information content (AvgIpc) is 2.82. The number of ether oxygens (including phenoxy) is 2. The fraction of sp³-hybridized carbons (Fsp3) is 0.333. The van der Waals surface area contributed by atoms with E-state index in [2.05, 4.69) is 11.8 Å². The summed E-state index contributed by atoms with van der Waals surface area (Å²) in [5.41, 5.74) is 2.02. The molecule has 1 saturated heterocycles. The van der Waals surface area contributed by atoms with E-state index in [1.54, 1.807) is 12.2 Å². The Bertz CT molecular complexity index is 1090. The number of nitro benzene ring substituents is 1. The number of nitrogens with zero attached hydrogens (tertiary/aromatic N) is 2. The molecule has 5 atom stereocenters. The molecule has 0 radical (unpaired) electrons. The third kappa shape index (κ3) is 5.91. The Morgan fingerprint density at radius 2 is 1.82 bits per heavy atom. The summed E-state index contributed by atoms with van der Waals surface area (Å²) in [6.07, 6.45) is -4.46. The van der Waals surface area contributed by atoms with Crippen molar-refractivity contribution < 1.29 is 34.8 Å². The van der Waals surface area contributed by atoms with Gasteiger partial charge in [-0.05, 0) is 54.1 Å². The first-order valence-corrected chi connectivity index (χ1v) is 10.4. The zero-order valence-corrected chi connectivity index (χ0v) is 18.6. The van der Waals surface area contributed by atoms with Crippen LogP contribution in [0.3, 0.4) is 0 Å². The summed E-state index contributed by atoms with van der Waals surface area (Å²) >= 11 is 0. The highest BCUT2D eigenvalue weighted by Gasteiger charge is 2.45. The lowest BCUT2D eigenvalue weighted by molar-refractivity contribution is -0.387. The SMILES string of the molecule is CN(C)c1ccc(C#C/C=C/c2ccc([N+](=O)[O-])c(O[C@@H]3OC(CO)[C@@H](O)C(O)C3O)c2)cc1. The van der Waals surface area contributed by atoms with E-state index in [0.717, 1.165) is 11.3 Å². The number of rotatable bonds is 6. The molecule has 1 aliphatic heterocycles. The number of benzene rings is 2. The molecule has 10 heteroatoms. The molecule has 1 heterocycles. The molecule has 180 valence electrons. The van der Waals surface area contributed by atoms with Crippen molar-refractivity contribution in [3.8, 4) is 17.6 Å². The van der Waals surface area contributed by atoms with Gasteiger partial charge in [0.15, 0.2) is 0 Å². The lowest BCUT2D eigenvalue weighted by Gasteiger charge is -2.39. The Balaban J connectivity index is 1.78. The predicted octanol–water partition coefficient (Wildman–Crippen LogP) is 0.904. The highest BCUT2D eigenvalue weighted by atomic mass is 16.7. The molecule has 2 aromatic rings. The summed E-state index contributed by atoms with van der Waals surface area (Å²) in [5.74, 6) is 5.67. The molecule has 0 saturated carbocycles. The van der Waals surface area contributed by atoms with E-state index >= 15 is 0 Å². The smallest absolute Gasteiger partial charge is 0.311 e. The van der Waals surface area contributed by atoms with E-state index in [-0.39, 0.29) is 11.4 Å². The number of hydrogen-bond donors (Lipinski definition) is 4. The number of aliphatic hydroxyl groups excluding tert-OH is 4. The van der Waals surface area contributed by atoms with Crippen molar-refractivity contribution in [2.45, 2.75) is 30.7 Å². The van der Waals surface area contributed by atoms with Crippen LogP contribution in [-0.4, -0.2) is 76.8 Å². The zero-order valence-electron chi connectivity index (χ0n) is 18.6. The number of nitro groups is 1. The summed E-state index contributed by atoms with van der Waals surface area (Å²) in [5, 5.41) is 50.7. The predicted molar refractivity (Wildman–Crippen MR) is 124 cm³/mol. The van der Waals surface area contributed by atoms with Gasteiger partial charge in [-0.15, -0.1) is 0 Å². The van der Waals surface area contributed by atoms with Crippen molar-refractivity contribution in [1.29, 1.82) is 0 Å². The molecular weight excluding hydrogens is 444 g/mol. The molecule has 10 nitrogen and oxygen atoms in total.